The Labute approximate surface area is 157 Å². The third kappa shape index (κ3) is 4.14. The van der Waals surface area contributed by atoms with Crippen LogP contribution in [-0.4, -0.2) is 40.2 Å². The zero-order chi connectivity index (χ0) is 20.0. The molecule has 150 valence electrons. The molecule has 1 aliphatic carbocycles. The van der Waals surface area contributed by atoms with E-state index >= 15 is 0 Å². The number of nitrogens with one attached hydrogen (secondary N) is 1. The summed E-state index contributed by atoms with van der Waals surface area (Å²) >= 11 is 0. The highest BCUT2D eigenvalue weighted by Gasteiger charge is 2.61. The molecule has 5 nitrogen and oxygen atoms in total. The molecule has 1 aromatic rings. The molecule has 1 spiro atoms. The van der Waals surface area contributed by atoms with Crippen LogP contribution in [0.25, 0.3) is 0 Å². The van der Waals surface area contributed by atoms with Gasteiger partial charge in [-0.15, -0.1) is 0 Å². The molecule has 2 heterocycles. The van der Waals surface area contributed by atoms with E-state index in [1.807, 2.05) is 0 Å². The number of likely N-dealkylation sites (tertiary alicyclic amines) is 1. The molecular weight excluding hydrogens is 359 g/mol. The molecule has 1 amide bonds. The number of pyridine rings is 1. The molecule has 3 rings (SSSR count). The van der Waals surface area contributed by atoms with Gasteiger partial charge in [0, 0.05) is 13.1 Å². The molecule has 8 heteroatoms. The first-order valence-electron chi connectivity index (χ1n) is 9.20. The number of halogens is 3. The SMILES string of the molecule is CC(C)(C)[C@@H]1CC12CCN(C(=O)O)C(CNc1cccc(C(F)(F)F)n1)C2. The van der Waals surface area contributed by atoms with Crippen LogP contribution in [0, 0.1) is 16.7 Å². The summed E-state index contributed by atoms with van der Waals surface area (Å²) in [6, 6.07) is 3.41. The predicted octanol–water partition coefficient (Wildman–Crippen LogP) is 4.71. The van der Waals surface area contributed by atoms with Gasteiger partial charge in [-0.1, -0.05) is 26.8 Å². The van der Waals surface area contributed by atoms with Crippen molar-refractivity contribution in [3.63, 3.8) is 0 Å². The summed E-state index contributed by atoms with van der Waals surface area (Å²) in [5.41, 5.74) is -0.637. The number of hydrogen-bond donors (Lipinski definition) is 2. The molecular formula is C19H26F3N3O2. The van der Waals surface area contributed by atoms with E-state index in [0.717, 1.165) is 25.3 Å². The van der Waals surface area contributed by atoms with Gasteiger partial charge in [0.1, 0.15) is 11.5 Å². The number of amides is 1. The summed E-state index contributed by atoms with van der Waals surface area (Å²) in [6.07, 6.45) is -2.83. The zero-order valence-corrected chi connectivity index (χ0v) is 15.8. The fourth-order valence-electron chi connectivity index (χ4n) is 4.63. The average molecular weight is 385 g/mol. The minimum atomic E-state index is -4.51. The lowest BCUT2D eigenvalue weighted by Crippen LogP contribution is -2.50. The lowest BCUT2D eigenvalue weighted by Gasteiger charge is -2.40. The van der Waals surface area contributed by atoms with Crippen LogP contribution in [0.5, 0.6) is 0 Å². The van der Waals surface area contributed by atoms with Gasteiger partial charge in [-0.05, 0) is 48.1 Å². The highest BCUT2D eigenvalue weighted by Crippen LogP contribution is 2.66. The van der Waals surface area contributed by atoms with E-state index in [0.29, 0.717) is 12.5 Å². The number of alkyl halides is 3. The van der Waals surface area contributed by atoms with Crippen LogP contribution in [0.3, 0.4) is 0 Å². The van der Waals surface area contributed by atoms with Gasteiger partial charge >= 0.3 is 12.3 Å². The first kappa shape index (κ1) is 19.8. The largest absolute Gasteiger partial charge is 0.465 e. The first-order chi connectivity index (χ1) is 12.4. The summed E-state index contributed by atoms with van der Waals surface area (Å²) in [7, 11) is 0. The molecule has 0 radical (unpaired) electrons. The summed E-state index contributed by atoms with van der Waals surface area (Å²) < 4.78 is 38.5. The molecule has 27 heavy (non-hydrogen) atoms. The second-order valence-electron chi connectivity index (χ2n) is 8.86. The van der Waals surface area contributed by atoms with E-state index in [9.17, 15) is 23.1 Å². The van der Waals surface area contributed by atoms with E-state index in [4.69, 9.17) is 0 Å². The number of carboxylic acid groups (broad SMARTS) is 1. The normalized spacial score (nSPS) is 28.3. The predicted molar refractivity (Wildman–Crippen MR) is 95.5 cm³/mol. The quantitative estimate of drug-likeness (QED) is 0.791. The second kappa shape index (κ2) is 6.56. The van der Waals surface area contributed by atoms with Crippen LogP contribution in [0.15, 0.2) is 18.2 Å². The molecule has 2 aliphatic rings. The number of aromatic nitrogens is 1. The molecule has 0 bridgehead atoms. The van der Waals surface area contributed by atoms with Gasteiger partial charge in [0.15, 0.2) is 0 Å². The monoisotopic (exact) mass is 385 g/mol. The number of carbonyl (C=O) groups is 1. The Morgan fingerprint density at radius 3 is 2.59 bits per heavy atom. The summed E-state index contributed by atoms with van der Waals surface area (Å²) in [6.45, 7) is 7.32. The maximum absolute atomic E-state index is 12.8. The molecule has 0 aromatic carbocycles. The Balaban J connectivity index is 1.70. The number of anilines is 1. The Kier molecular flexibility index (Phi) is 4.80. The minimum absolute atomic E-state index is 0.109. The highest BCUT2D eigenvalue weighted by atomic mass is 19.4. The van der Waals surface area contributed by atoms with Crippen molar-refractivity contribution in [1.29, 1.82) is 0 Å². The van der Waals surface area contributed by atoms with Crippen molar-refractivity contribution >= 4 is 11.9 Å². The molecule has 3 atom stereocenters. The molecule has 1 aromatic heterocycles. The smallest absolute Gasteiger partial charge is 0.433 e. The molecule has 2 fully saturated rings. The van der Waals surface area contributed by atoms with E-state index in [1.54, 1.807) is 0 Å². The highest BCUT2D eigenvalue weighted by molar-refractivity contribution is 5.66. The van der Waals surface area contributed by atoms with Crippen LogP contribution in [0.2, 0.25) is 0 Å². The van der Waals surface area contributed by atoms with Crippen molar-refractivity contribution in [2.45, 2.75) is 52.3 Å². The van der Waals surface area contributed by atoms with Gasteiger partial charge in [0.2, 0.25) is 0 Å². The Morgan fingerprint density at radius 1 is 1.33 bits per heavy atom. The Morgan fingerprint density at radius 2 is 2.04 bits per heavy atom. The fourth-order valence-corrected chi connectivity index (χ4v) is 4.63. The van der Waals surface area contributed by atoms with Crippen molar-refractivity contribution in [1.82, 2.24) is 9.88 Å². The summed E-state index contributed by atoms with van der Waals surface area (Å²) in [5, 5.41) is 12.4. The lowest BCUT2D eigenvalue weighted by molar-refractivity contribution is -0.141. The van der Waals surface area contributed by atoms with Crippen molar-refractivity contribution < 1.29 is 23.1 Å². The molecule has 2 unspecified atom stereocenters. The van der Waals surface area contributed by atoms with Crippen molar-refractivity contribution in [3.05, 3.63) is 23.9 Å². The average Bonchev–Trinajstić information content (AvgIpc) is 3.26. The maximum Gasteiger partial charge on any atom is 0.433 e. The van der Waals surface area contributed by atoms with E-state index in [2.05, 4.69) is 31.1 Å². The van der Waals surface area contributed by atoms with Gasteiger partial charge in [-0.2, -0.15) is 13.2 Å². The van der Waals surface area contributed by atoms with E-state index < -0.39 is 18.0 Å². The topological polar surface area (TPSA) is 65.5 Å². The standard InChI is InChI=1S/C19H26F3N3O2/c1-17(2,3)13-10-18(13)7-8-25(16(26)27)12(9-18)11-23-15-6-4-5-14(24-15)19(20,21)22/h4-6,12-13H,7-11H2,1-3H3,(H,23,24)(H,26,27)/t12?,13-,18?/m0/s1. The molecule has 1 aliphatic heterocycles. The van der Waals surface area contributed by atoms with Crippen molar-refractivity contribution in [2.24, 2.45) is 16.7 Å². The number of hydrogen-bond acceptors (Lipinski definition) is 3. The van der Waals surface area contributed by atoms with Gasteiger partial charge < -0.3 is 15.3 Å². The molecule has 1 saturated heterocycles. The van der Waals surface area contributed by atoms with Gasteiger partial charge in [0.25, 0.3) is 0 Å². The lowest BCUT2D eigenvalue weighted by atomic mass is 9.78. The Hall–Kier alpha value is -1.99. The van der Waals surface area contributed by atoms with Crippen LogP contribution in [0.4, 0.5) is 23.8 Å². The zero-order valence-electron chi connectivity index (χ0n) is 15.8. The van der Waals surface area contributed by atoms with Crippen LogP contribution in [0.1, 0.15) is 45.7 Å². The van der Waals surface area contributed by atoms with Crippen LogP contribution < -0.4 is 5.32 Å². The van der Waals surface area contributed by atoms with Gasteiger partial charge in [0.05, 0.1) is 6.04 Å². The maximum atomic E-state index is 12.8. The van der Waals surface area contributed by atoms with E-state index in [-0.39, 0.29) is 29.2 Å². The van der Waals surface area contributed by atoms with Crippen LogP contribution >= 0.6 is 0 Å². The number of rotatable bonds is 3. The molecule has 1 saturated carbocycles. The second-order valence-corrected chi connectivity index (χ2v) is 8.86. The number of piperidine rings is 1. The van der Waals surface area contributed by atoms with E-state index in [1.165, 1.54) is 17.0 Å². The number of nitrogens with zero attached hydrogens (tertiary/aromatic N) is 2. The van der Waals surface area contributed by atoms with Crippen molar-refractivity contribution in [2.75, 3.05) is 18.4 Å². The van der Waals surface area contributed by atoms with Gasteiger partial charge in [-0.25, -0.2) is 9.78 Å². The third-order valence-corrected chi connectivity index (χ3v) is 5.97. The van der Waals surface area contributed by atoms with Crippen molar-refractivity contribution in [3.8, 4) is 0 Å². The summed E-state index contributed by atoms with van der Waals surface area (Å²) in [5.74, 6) is 0.660. The van der Waals surface area contributed by atoms with Crippen LogP contribution in [-0.2, 0) is 6.18 Å². The first-order valence-corrected chi connectivity index (χ1v) is 9.20. The Bertz CT molecular complexity index is 717. The van der Waals surface area contributed by atoms with Gasteiger partial charge in [-0.3, -0.25) is 0 Å². The molecule has 2 N–H and O–H groups in total. The minimum Gasteiger partial charge on any atom is -0.465 e. The third-order valence-electron chi connectivity index (χ3n) is 5.97. The summed E-state index contributed by atoms with van der Waals surface area (Å²) in [4.78, 5) is 16.6. The fraction of sp³-hybridized carbons (Fsp3) is 0.684.